The van der Waals surface area contributed by atoms with Crippen LogP contribution in [0.3, 0.4) is 0 Å². The van der Waals surface area contributed by atoms with Gasteiger partial charge in [-0.3, -0.25) is 0 Å². The molecule has 0 spiro atoms. The third-order valence-electron chi connectivity index (χ3n) is 0. The molecule has 0 aromatic rings. The molecule has 5 heavy (non-hydrogen) atoms. The molecule has 0 aliphatic rings. The van der Waals surface area contributed by atoms with E-state index in [0.29, 0.717) is 0 Å². The second-order valence-corrected chi connectivity index (χ2v) is 0. The van der Waals surface area contributed by atoms with E-state index in [-0.39, 0.29) is 121 Å². The van der Waals surface area contributed by atoms with Crippen LogP contribution in [-0.4, -0.2) is 46.2 Å². The number of halogens is 1. The number of rotatable bonds is 0. The van der Waals surface area contributed by atoms with Gasteiger partial charge in [0, 0.05) is 0 Å². The van der Waals surface area contributed by atoms with Crippen LogP contribution in [0.1, 0.15) is 2.85 Å². The van der Waals surface area contributed by atoms with Gasteiger partial charge >= 0.3 is 96.9 Å². The van der Waals surface area contributed by atoms with Crippen LogP contribution < -0.4 is 71.5 Å². The first kappa shape index (κ1) is 38.2. The van der Waals surface area contributed by atoms with E-state index >= 15 is 0 Å². The molecule has 0 N–H and O–H groups in total. The maximum absolute atomic E-state index is 0. The molecule has 0 saturated carbocycles. The van der Waals surface area contributed by atoms with Crippen molar-refractivity contribution in [1.29, 1.82) is 0 Å². The molecule has 20 valence electrons. The van der Waals surface area contributed by atoms with Gasteiger partial charge in [-0.2, -0.15) is 0 Å². The van der Waals surface area contributed by atoms with E-state index in [2.05, 4.69) is 0 Å². The molecule has 0 heterocycles. The first-order chi connectivity index (χ1) is 0. The molecule has 5 heteroatoms. The van der Waals surface area contributed by atoms with Gasteiger partial charge in [0.2, 0.25) is 0 Å². The quantitative estimate of drug-likeness (QED) is 0.292. The molecule has 0 aromatic heterocycles. The van der Waals surface area contributed by atoms with Crippen LogP contribution in [0.5, 0.6) is 0 Å². The fraction of sp³-hybridized carbons (Fsp3) is 0. The summed E-state index contributed by atoms with van der Waals surface area (Å²) >= 11 is 0. The summed E-state index contributed by atoms with van der Waals surface area (Å²) < 4.78 is 0. The second-order valence-electron chi connectivity index (χ2n) is 0. The minimum atomic E-state index is 0. The van der Waals surface area contributed by atoms with E-state index in [9.17, 15) is 0 Å². The third-order valence-corrected chi connectivity index (χ3v) is 0. The summed E-state index contributed by atoms with van der Waals surface area (Å²) in [6, 6.07) is 0. The molecular formula is H6BCaClNa2. The molecule has 0 rings (SSSR count). The number of hydrogen-bond acceptors (Lipinski definition) is 0. The fourth-order valence-corrected chi connectivity index (χ4v) is 0. The van der Waals surface area contributed by atoms with Gasteiger partial charge in [-0.25, -0.2) is 0 Å². The Morgan fingerprint density at radius 1 is 1.00 bits per heavy atom. The maximum Gasteiger partial charge on any atom is 2.00 e. The first-order valence-electron chi connectivity index (χ1n) is 0. The van der Waals surface area contributed by atoms with E-state index in [1.54, 1.807) is 0 Å². The van der Waals surface area contributed by atoms with E-state index in [1.807, 2.05) is 0 Å². The Kier molecular flexibility index (Phi) is 195. The average molecular weight is 138 g/mol. The molecule has 0 atom stereocenters. The smallest absolute Gasteiger partial charge is 1.00 e. The van der Waals surface area contributed by atoms with Crippen LogP contribution in [0.25, 0.3) is 0 Å². The fourth-order valence-electron chi connectivity index (χ4n) is 0. The Morgan fingerprint density at radius 2 is 1.00 bits per heavy atom. The number of hydrogen-bond donors (Lipinski definition) is 0. The van der Waals surface area contributed by atoms with Gasteiger partial charge < -0.3 is 15.3 Å². The van der Waals surface area contributed by atoms with Crippen LogP contribution in [0.2, 0.25) is 0 Å². The monoisotopic (exact) mass is 138 g/mol. The van der Waals surface area contributed by atoms with E-state index in [1.165, 1.54) is 0 Å². The Morgan fingerprint density at radius 3 is 1.00 bits per heavy atom. The van der Waals surface area contributed by atoms with Crippen LogP contribution in [-0.2, 0) is 0 Å². The summed E-state index contributed by atoms with van der Waals surface area (Å²) in [5.74, 6) is 0. The van der Waals surface area contributed by atoms with Gasteiger partial charge in [0.15, 0.2) is 0 Å². The van der Waals surface area contributed by atoms with Gasteiger partial charge in [0.1, 0.15) is 0 Å². The zero-order chi connectivity index (χ0) is 0. The van der Waals surface area contributed by atoms with Crippen molar-refractivity contribution < 1.29 is 74.4 Å². The molecule has 0 aliphatic carbocycles. The molecule has 0 nitrogen and oxygen atoms in total. The summed E-state index contributed by atoms with van der Waals surface area (Å²) in [5, 5.41) is 0. The van der Waals surface area contributed by atoms with Gasteiger partial charge in [-0.15, -0.1) is 0 Å². The van der Waals surface area contributed by atoms with Crippen LogP contribution in [0.15, 0.2) is 0 Å². The Labute approximate surface area is 118 Å². The molecule has 0 saturated heterocycles. The van der Waals surface area contributed by atoms with Crippen LogP contribution in [0.4, 0.5) is 0 Å². The van der Waals surface area contributed by atoms with Crippen molar-refractivity contribution in [1.82, 2.24) is 0 Å². The van der Waals surface area contributed by atoms with Crippen LogP contribution >= 0.6 is 0 Å². The summed E-state index contributed by atoms with van der Waals surface area (Å²) in [4.78, 5) is 0. The van der Waals surface area contributed by atoms with Gasteiger partial charge in [-0.05, 0) is 0 Å². The van der Waals surface area contributed by atoms with Crippen molar-refractivity contribution in [3.63, 3.8) is 0 Å². The second kappa shape index (κ2) is 25.5. The van der Waals surface area contributed by atoms with E-state index in [0.717, 1.165) is 0 Å². The SMILES string of the molecule is [BH4-].[Ca+2].[Cl-].[H-].[H-].[Na+].[Na+]. The van der Waals surface area contributed by atoms with Crippen molar-refractivity contribution >= 4 is 46.2 Å². The maximum atomic E-state index is 0. The topological polar surface area (TPSA) is 0 Å². The molecule has 0 aliphatic heterocycles. The standard InChI is InChI=1S/BH4.Ca.ClH.2Na.2H/h1H4;;1H;;;;/q-1;+2;;2*+1;2*-1/p-1. The zero-order valence-corrected chi connectivity index (χ0v) is 10.0. The summed E-state index contributed by atoms with van der Waals surface area (Å²) in [5.41, 5.74) is 0. The Balaban J connectivity index is 0. The minimum absolute atomic E-state index is 0. The average Bonchev–Trinajstić information content (AvgIpc) is 0. The van der Waals surface area contributed by atoms with Gasteiger partial charge in [0.25, 0.3) is 0 Å². The van der Waals surface area contributed by atoms with E-state index in [4.69, 9.17) is 0 Å². The zero-order valence-electron chi connectivity index (χ0n) is 5.09. The predicted octanol–water partition coefficient (Wildman–Crippen LogP) is -10.6. The largest absolute Gasteiger partial charge is 2.00 e. The summed E-state index contributed by atoms with van der Waals surface area (Å²) in [6.45, 7) is 0. The van der Waals surface area contributed by atoms with Crippen molar-refractivity contribution in [3.8, 4) is 0 Å². The minimum Gasteiger partial charge on any atom is -1.00 e. The third kappa shape index (κ3) is 18.4. The van der Waals surface area contributed by atoms with Gasteiger partial charge in [-0.1, -0.05) is 8.41 Å². The predicted molar refractivity (Wildman–Crippen MR) is 19.3 cm³/mol. The Hall–Kier alpha value is 3.61. The molecule has 0 amide bonds. The molecule has 0 aromatic carbocycles. The first-order valence-corrected chi connectivity index (χ1v) is 0. The normalized spacial score (nSPS) is 0. The Bertz CT molecular complexity index is 15.7. The molecular weight excluding hydrogens is 132 g/mol. The van der Waals surface area contributed by atoms with Crippen molar-refractivity contribution in [2.24, 2.45) is 0 Å². The molecule has 0 unspecified atom stereocenters. The van der Waals surface area contributed by atoms with Gasteiger partial charge in [0.05, 0.1) is 0 Å². The van der Waals surface area contributed by atoms with Crippen molar-refractivity contribution in [3.05, 3.63) is 0 Å². The van der Waals surface area contributed by atoms with Crippen molar-refractivity contribution in [2.75, 3.05) is 0 Å². The summed E-state index contributed by atoms with van der Waals surface area (Å²) in [6.07, 6.45) is 0. The molecule has 0 fully saturated rings. The van der Waals surface area contributed by atoms with E-state index < -0.39 is 0 Å². The summed E-state index contributed by atoms with van der Waals surface area (Å²) in [7, 11) is 0. The molecule has 0 radical (unpaired) electrons. The van der Waals surface area contributed by atoms with Crippen molar-refractivity contribution in [2.45, 2.75) is 0 Å². The molecule has 0 bridgehead atoms. The van der Waals surface area contributed by atoms with Crippen LogP contribution in [0, 0.1) is 0 Å².